The summed E-state index contributed by atoms with van der Waals surface area (Å²) in [5.41, 5.74) is 0. The fourth-order valence-electron chi connectivity index (χ4n) is 0.160. The third-order valence-electron chi connectivity index (χ3n) is 0.680. The normalized spacial score (nSPS) is 18.7. The van der Waals surface area contributed by atoms with Crippen molar-refractivity contribution < 1.29 is 93.3 Å². The van der Waals surface area contributed by atoms with Crippen LogP contribution in [-0.4, -0.2) is 19.1 Å². The molecular formula is CH4Cl2Na2O7P2. The van der Waals surface area contributed by atoms with Crippen LogP contribution >= 0.6 is 38.4 Å². The average Bonchev–Trinajstić information content (AvgIpc) is 1.58. The van der Waals surface area contributed by atoms with Gasteiger partial charge in [-0.05, 0) is 0 Å². The Morgan fingerprint density at radius 2 is 1.14 bits per heavy atom. The van der Waals surface area contributed by atoms with Gasteiger partial charge in [-0.25, -0.2) is 0 Å². The van der Waals surface area contributed by atoms with Crippen molar-refractivity contribution in [2.24, 2.45) is 0 Å². The van der Waals surface area contributed by atoms with Crippen LogP contribution in [-0.2, 0) is 9.13 Å². The van der Waals surface area contributed by atoms with Gasteiger partial charge in [0, 0.05) is 0 Å². The first kappa shape index (κ1) is 25.6. The van der Waals surface area contributed by atoms with Gasteiger partial charge in [0.1, 0.15) is 0 Å². The van der Waals surface area contributed by atoms with Gasteiger partial charge in [0.15, 0.2) is 15.2 Å². The zero-order chi connectivity index (χ0) is 9.50. The van der Waals surface area contributed by atoms with Gasteiger partial charge in [-0.1, -0.05) is 23.2 Å². The molecule has 0 aliphatic carbocycles. The first-order valence-electron chi connectivity index (χ1n) is 1.96. The molecule has 0 saturated heterocycles. The molecule has 2 atom stereocenters. The minimum absolute atomic E-state index is 0. The van der Waals surface area contributed by atoms with Crippen LogP contribution in [0, 0.1) is 0 Å². The monoisotopic (exact) mass is 306 g/mol. The summed E-state index contributed by atoms with van der Waals surface area (Å²) >= 11 is 9.21. The molecule has 4 N–H and O–H groups in total. The molecule has 0 saturated carbocycles. The van der Waals surface area contributed by atoms with Gasteiger partial charge in [-0.15, -0.1) is 0 Å². The molecule has 13 heteroatoms. The van der Waals surface area contributed by atoms with E-state index in [4.69, 9.17) is 9.79 Å². The largest absolute Gasteiger partial charge is 1.00 e. The van der Waals surface area contributed by atoms with Crippen LogP contribution in [0.5, 0.6) is 0 Å². The zero-order valence-corrected chi connectivity index (χ0v) is 14.5. The maximum absolute atomic E-state index is 10.1. The van der Waals surface area contributed by atoms with Crippen molar-refractivity contribution in [1.82, 2.24) is 0 Å². The van der Waals surface area contributed by atoms with Gasteiger partial charge in [0.25, 0.3) is 0 Å². The summed E-state index contributed by atoms with van der Waals surface area (Å²) in [4.78, 5) is 36.3. The van der Waals surface area contributed by atoms with Gasteiger partial charge in [0.2, 0.25) is 3.82 Å². The molecule has 14 heavy (non-hydrogen) atoms. The van der Waals surface area contributed by atoms with E-state index in [-0.39, 0.29) is 64.6 Å². The Kier molecular flexibility index (Phi) is 14.7. The van der Waals surface area contributed by atoms with Crippen LogP contribution in [0.1, 0.15) is 0 Å². The number of hydrogen-bond donors (Lipinski definition) is 2. The molecule has 0 aromatic carbocycles. The molecule has 0 spiro atoms. The van der Waals surface area contributed by atoms with Crippen LogP contribution in [0.3, 0.4) is 0 Å². The topological polar surface area (TPSA) is 152 Å². The molecule has 0 aliphatic heterocycles. The molecule has 0 radical (unpaired) electrons. The maximum atomic E-state index is 10.1. The van der Waals surface area contributed by atoms with Crippen molar-refractivity contribution >= 4 is 38.4 Å². The molecule has 0 heterocycles. The van der Waals surface area contributed by atoms with E-state index in [2.05, 4.69) is 23.2 Å². The van der Waals surface area contributed by atoms with Crippen LogP contribution in [0.15, 0.2) is 0 Å². The second-order valence-electron chi connectivity index (χ2n) is 1.55. The Bertz CT molecular complexity index is 220. The molecule has 76 valence electrons. The molecule has 0 aromatic rings. The second-order valence-corrected chi connectivity index (χ2v) is 7.71. The van der Waals surface area contributed by atoms with E-state index in [1.807, 2.05) is 0 Å². The Morgan fingerprint density at radius 3 is 1.14 bits per heavy atom. The summed E-state index contributed by atoms with van der Waals surface area (Å²) in [7, 11) is -11.1. The molecule has 0 amide bonds. The minimum Gasteiger partial charge on any atom is -0.776 e. The van der Waals surface area contributed by atoms with E-state index in [1.54, 1.807) is 0 Å². The van der Waals surface area contributed by atoms with Gasteiger partial charge < -0.3 is 34.2 Å². The van der Waals surface area contributed by atoms with E-state index < -0.39 is 19.0 Å². The standard InChI is InChI=1S/CH4Cl2O6P2.2Na.H2O/c2-1(3,10(4,5)6)11(7,8)9;;;/h(H2,4,5,6)(H2,7,8,9);;;1H2/q;2*+1;/p-2. The van der Waals surface area contributed by atoms with Gasteiger partial charge >= 0.3 is 59.1 Å². The molecule has 0 fully saturated rings. The Labute approximate surface area is 134 Å². The number of halogens is 2. The summed E-state index contributed by atoms with van der Waals surface area (Å²) < 4.78 is 16.6. The van der Waals surface area contributed by atoms with E-state index in [9.17, 15) is 18.9 Å². The van der Waals surface area contributed by atoms with Crippen molar-refractivity contribution in [3.05, 3.63) is 0 Å². The molecular weight excluding hydrogens is 303 g/mol. The van der Waals surface area contributed by atoms with Crippen molar-refractivity contribution in [2.45, 2.75) is 3.82 Å². The third-order valence-corrected chi connectivity index (χ3v) is 6.12. The number of alkyl halides is 2. The number of rotatable bonds is 2. The quantitative estimate of drug-likeness (QED) is 0.293. The maximum Gasteiger partial charge on any atom is 1.00 e. The van der Waals surface area contributed by atoms with E-state index in [0.29, 0.717) is 0 Å². The zero-order valence-electron chi connectivity index (χ0n) is 7.18. The van der Waals surface area contributed by atoms with E-state index in [1.165, 1.54) is 0 Å². The Balaban J connectivity index is -0.000000167. The van der Waals surface area contributed by atoms with Gasteiger partial charge in [-0.2, -0.15) is 0 Å². The predicted octanol–water partition coefficient (Wildman–Crippen LogP) is -7.65. The Morgan fingerprint density at radius 1 is 1.00 bits per heavy atom. The molecule has 0 rings (SSSR count). The first-order valence-corrected chi connectivity index (χ1v) is 5.87. The SMILES string of the molecule is O.O=P([O-])(O)C(Cl)(Cl)P(=O)([O-])O.[Na+].[Na+]. The van der Waals surface area contributed by atoms with Crippen molar-refractivity contribution in [2.75, 3.05) is 0 Å². The average molecular weight is 307 g/mol. The van der Waals surface area contributed by atoms with Crippen molar-refractivity contribution in [3.8, 4) is 0 Å². The molecule has 2 unspecified atom stereocenters. The van der Waals surface area contributed by atoms with Crippen molar-refractivity contribution in [3.63, 3.8) is 0 Å². The molecule has 0 aromatic heterocycles. The predicted molar refractivity (Wildman–Crippen MR) is 37.7 cm³/mol. The summed E-state index contributed by atoms with van der Waals surface area (Å²) in [6.07, 6.45) is 0. The Hall–Kier alpha value is 2.84. The fourth-order valence-corrected chi connectivity index (χ4v) is 1.44. The summed E-state index contributed by atoms with van der Waals surface area (Å²) in [6.45, 7) is 0. The second kappa shape index (κ2) is 8.03. The smallest absolute Gasteiger partial charge is 0.776 e. The molecule has 0 bridgehead atoms. The van der Waals surface area contributed by atoms with Crippen molar-refractivity contribution in [1.29, 1.82) is 0 Å². The van der Waals surface area contributed by atoms with Crippen LogP contribution in [0.25, 0.3) is 0 Å². The fraction of sp³-hybridized carbons (Fsp3) is 1.00. The van der Waals surface area contributed by atoms with Gasteiger partial charge in [0.05, 0.1) is 0 Å². The summed E-state index contributed by atoms with van der Waals surface area (Å²) in [5, 5.41) is 0. The molecule has 7 nitrogen and oxygen atoms in total. The number of hydrogen-bond acceptors (Lipinski definition) is 4. The molecule has 0 aliphatic rings. The van der Waals surface area contributed by atoms with Crippen LogP contribution in [0.4, 0.5) is 0 Å². The first-order chi connectivity index (χ1) is 4.50. The van der Waals surface area contributed by atoms with E-state index >= 15 is 0 Å². The van der Waals surface area contributed by atoms with E-state index in [0.717, 1.165) is 0 Å². The summed E-state index contributed by atoms with van der Waals surface area (Å²) in [6, 6.07) is 0. The van der Waals surface area contributed by atoms with Gasteiger partial charge in [-0.3, -0.25) is 0 Å². The van der Waals surface area contributed by atoms with Crippen LogP contribution < -0.4 is 68.9 Å². The minimum atomic E-state index is -5.53. The van der Waals surface area contributed by atoms with Crippen LogP contribution in [0.2, 0.25) is 0 Å². The summed E-state index contributed by atoms with van der Waals surface area (Å²) in [5.74, 6) is 0. The third kappa shape index (κ3) is 6.55.